The third-order valence-electron chi connectivity index (χ3n) is 4.38. The maximum Gasteiger partial charge on any atom is 0.222 e. The van der Waals surface area contributed by atoms with Crippen molar-refractivity contribution in [2.45, 2.75) is 30.9 Å². The van der Waals surface area contributed by atoms with Gasteiger partial charge < -0.3 is 9.80 Å². The Morgan fingerprint density at radius 3 is 2.37 bits per heavy atom. The minimum atomic E-state index is -2.88. The molecular formula is C13H24N2O3S. The van der Waals surface area contributed by atoms with Gasteiger partial charge in [-0.15, -0.1) is 0 Å². The van der Waals surface area contributed by atoms with Gasteiger partial charge in [-0.05, 0) is 38.3 Å². The Kier molecular flexibility index (Phi) is 4.50. The molecule has 2 rings (SSSR count). The second kappa shape index (κ2) is 5.79. The van der Waals surface area contributed by atoms with Crippen molar-refractivity contribution in [3.63, 3.8) is 0 Å². The number of carbonyl (C=O) groups excluding carboxylic acids is 1. The van der Waals surface area contributed by atoms with Crippen molar-refractivity contribution >= 4 is 15.7 Å². The van der Waals surface area contributed by atoms with Crippen molar-refractivity contribution in [1.82, 2.24) is 9.80 Å². The molecule has 2 fully saturated rings. The van der Waals surface area contributed by atoms with E-state index in [1.807, 2.05) is 11.9 Å². The van der Waals surface area contributed by atoms with Crippen molar-refractivity contribution < 1.29 is 13.2 Å². The number of likely N-dealkylation sites (tertiary alicyclic amines) is 2. The lowest BCUT2D eigenvalue weighted by molar-refractivity contribution is -0.133. The number of hydrogen-bond acceptors (Lipinski definition) is 4. The Hall–Kier alpha value is -0.620. The van der Waals surface area contributed by atoms with E-state index in [0.717, 1.165) is 45.4 Å². The Labute approximate surface area is 115 Å². The van der Waals surface area contributed by atoms with Crippen LogP contribution < -0.4 is 0 Å². The highest BCUT2D eigenvalue weighted by Crippen LogP contribution is 2.21. The molecule has 2 aliphatic rings. The van der Waals surface area contributed by atoms with Gasteiger partial charge >= 0.3 is 0 Å². The van der Waals surface area contributed by atoms with E-state index in [0.29, 0.717) is 12.3 Å². The van der Waals surface area contributed by atoms with Crippen LogP contribution in [-0.2, 0) is 14.6 Å². The predicted molar refractivity (Wildman–Crippen MR) is 74.7 cm³/mol. The molecule has 0 aliphatic carbocycles. The topological polar surface area (TPSA) is 57.7 Å². The first-order valence-corrected chi connectivity index (χ1v) is 8.97. The molecule has 2 saturated heterocycles. The quantitative estimate of drug-likeness (QED) is 0.752. The average molecular weight is 288 g/mol. The second-order valence-electron chi connectivity index (χ2n) is 6.01. The Balaban J connectivity index is 1.78. The number of hydrogen-bond donors (Lipinski definition) is 0. The van der Waals surface area contributed by atoms with Gasteiger partial charge in [0, 0.05) is 32.8 Å². The molecule has 0 N–H and O–H groups in total. The number of sulfone groups is 1. The summed E-state index contributed by atoms with van der Waals surface area (Å²) in [5.74, 6) is 0.782. The van der Waals surface area contributed by atoms with Crippen LogP contribution in [0, 0.1) is 5.92 Å². The van der Waals surface area contributed by atoms with Crippen molar-refractivity contribution in [2.24, 2.45) is 5.92 Å². The molecule has 1 amide bonds. The van der Waals surface area contributed by atoms with E-state index in [4.69, 9.17) is 0 Å². The van der Waals surface area contributed by atoms with E-state index in [-0.39, 0.29) is 11.2 Å². The summed E-state index contributed by atoms with van der Waals surface area (Å²) in [5.41, 5.74) is 0. The van der Waals surface area contributed by atoms with Gasteiger partial charge in [-0.1, -0.05) is 0 Å². The van der Waals surface area contributed by atoms with Crippen molar-refractivity contribution in [3.05, 3.63) is 0 Å². The third-order valence-corrected chi connectivity index (χ3v) is 6.06. The zero-order valence-corrected chi connectivity index (χ0v) is 12.7. The molecule has 0 spiro atoms. The molecule has 2 heterocycles. The molecule has 1 unspecified atom stereocenters. The smallest absolute Gasteiger partial charge is 0.222 e. The Morgan fingerprint density at radius 1 is 1.21 bits per heavy atom. The molecule has 6 heteroatoms. The number of amides is 1. The minimum Gasteiger partial charge on any atom is -0.345 e. The van der Waals surface area contributed by atoms with Gasteiger partial charge in [-0.3, -0.25) is 4.79 Å². The van der Waals surface area contributed by atoms with Gasteiger partial charge in [0.05, 0.1) is 5.25 Å². The first-order valence-electron chi connectivity index (χ1n) is 7.01. The highest BCUT2D eigenvalue weighted by molar-refractivity contribution is 7.91. The van der Waals surface area contributed by atoms with Crippen LogP contribution in [0.3, 0.4) is 0 Å². The third kappa shape index (κ3) is 3.92. The molecule has 110 valence electrons. The maximum absolute atomic E-state index is 11.5. The van der Waals surface area contributed by atoms with Gasteiger partial charge in [0.15, 0.2) is 0 Å². The van der Waals surface area contributed by atoms with Crippen LogP contribution in [0.1, 0.15) is 25.7 Å². The van der Waals surface area contributed by atoms with Gasteiger partial charge in [0.25, 0.3) is 0 Å². The summed E-state index contributed by atoms with van der Waals surface area (Å²) in [6.07, 6.45) is 4.46. The summed E-state index contributed by atoms with van der Waals surface area (Å²) >= 11 is 0. The van der Waals surface area contributed by atoms with Gasteiger partial charge in [-0.25, -0.2) is 8.42 Å². The van der Waals surface area contributed by atoms with Crippen LogP contribution in [0.4, 0.5) is 0 Å². The van der Waals surface area contributed by atoms with Crippen LogP contribution in [0.25, 0.3) is 0 Å². The second-order valence-corrected chi connectivity index (χ2v) is 8.33. The fraction of sp³-hybridized carbons (Fsp3) is 0.923. The molecule has 1 atom stereocenters. The lowest BCUT2D eigenvalue weighted by Gasteiger charge is -2.36. The van der Waals surface area contributed by atoms with Crippen molar-refractivity contribution in [3.8, 4) is 0 Å². The van der Waals surface area contributed by atoms with Gasteiger partial charge in [-0.2, -0.15) is 0 Å². The average Bonchev–Trinajstić information content (AvgIpc) is 2.33. The summed E-state index contributed by atoms with van der Waals surface area (Å²) in [6, 6.07) is 0. The number of carbonyl (C=O) groups is 1. The van der Waals surface area contributed by atoms with E-state index >= 15 is 0 Å². The lowest BCUT2D eigenvalue weighted by atomic mass is 9.96. The highest BCUT2D eigenvalue weighted by Gasteiger charge is 2.29. The fourth-order valence-electron chi connectivity index (χ4n) is 3.13. The summed E-state index contributed by atoms with van der Waals surface area (Å²) in [6.45, 7) is 3.57. The predicted octanol–water partition coefficient (Wildman–Crippen LogP) is 0.364. The van der Waals surface area contributed by atoms with Crippen LogP contribution in [0.5, 0.6) is 0 Å². The monoisotopic (exact) mass is 288 g/mol. The van der Waals surface area contributed by atoms with Gasteiger partial charge in [0.1, 0.15) is 9.84 Å². The molecule has 0 saturated carbocycles. The molecule has 2 aliphatic heterocycles. The number of rotatable bonds is 3. The molecule has 5 nitrogen and oxygen atoms in total. The Morgan fingerprint density at radius 2 is 1.84 bits per heavy atom. The summed E-state index contributed by atoms with van der Waals surface area (Å²) < 4.78 is 23.0. The van der Waals surface area contributed by atoms with E-state index in [2.05, 4.69) is 4.90 Å². The molecule has 19 heavy (non-hydrogen) atoms. The van der Waals surface area contributed by atoms with E-state index in [1.165, 1.54) is 6.26 Å². The normalized spacial score (nSPS) is 27.8. The standard InChI is InChI=1S/C13H24N2O3S/c1-14-9-11(3-4-13(14)16)10-15-7-5-12(6-8-15)19(2,17)18/h11-12H,3-10H2,1-2H3. The first kappa shape index (κ1) is 14.8. The highest BCUT2D eigenvalue weighted by atomic mass is 32.2. The minimum absolute atomic E-state index is 0.153. The van der Waals surface area contributed by atoms with Gasteiger partial charge in [0.2, 0.25) is 5.91 Å². The summed E-state index contributed by atoms with van der Waals surface area (Å²) in [5, 5.41) is -0.153. The molecule has 0 bridgehead atoms. The molecule has 0 aromatic rings. The van der Waals surface area contributed by atoms with E-state index in [1.54, 1.807) is 0 Å². The lowest BCUT2D eigenvalue weighted by Crippen LogP contribution is -2.45. The SMILES string of the molecule is CN1CC(CN2CCC(S(C)(=O)=O)CC2)CCC1=O. The van der Waals surface area contributed by atoms with Crippen LogP contribution in [-0.4, -0.2) is 68.9 Å². The maximum atomic E-state index is 11.5. The molecule has 0 aromatic carbocycles. The molecule has 0 radical (unpaired) electrons. The van der Waals surface area contributed by atoms with E-state index in [9.17, 15) is 13.2 Å². The van der Waals surface area contributed by atoms with Crippen LogP contribution in [0.15, 0.2) is 0 Å². The molecule has 0 aromatic heterocycles. The molecular weight excluding hydrogens is 264 g/mol. The summed E-state index contributed by atoms with van der Waals surface area (Å²) in [4.78, 5) is 15.6. The van der Waals surface area contributed by atoms with Crippen molar-refractivity contribution in [2.75, 3.05) is 39.5 Å². The first-order chi connectivity index (χ1) is 8.86. The fourth-order valence-corrected chi connectivity index (χ4v) is 4.20. The number of piperidine rings is 2. The zero-order chi connectivity index (χ0) is 14.0. The van der Waals surface area contributed by atoms with Crippen molar-refractivity contribution in [1.29, 1.82) is 0 Å². The zero-order valence-electron chi connectivity index (χ0n) is 11.8. The largest absolute Gasteiger partial charge is 0.345 e. The van der Waals surface area contributed by atoms with E-state index < -0.39 is 9.84 Å². The van der Waals surface area contributed by atoms with Crippen LogP contribution >= 0.6 is 0 Å². The summed E-state index contributed by atoms with van der Waals surface area (Å²) in [7, 11) is -1.01. The van der Waals surface area contributed by atoms with Crippen LogP contribution in [0.2, 0.25) is 0 Å². The Bertz CT molecular complexity index is 427. The number of nitrogens with zero attached hydrogens (tertiary/aromatic N) is 2.